The van der Waals surface area contributed by atoms with E-state index in [0.29, 0.717) is 0 Å². The Morgan fingerprint density at radius 2 is 1.74 bits per heavy atom. The van der Waals surface area contributed by atoms with Crippen LogP contribution in [0.3, 0.4) is 0 Å². The second-order valence-corrected chi connectivity index (χ2v) is 4.48. The molecule has 0 radical (unpaired) electrons. The highest BCUT2D eigenvalue weighted by atomic mass is 35.5. The van der Waals surface area contributed by atoms with Gasteiger partial charge in [-0.15, -0.1) is 0 Å². The van der Waals surface area contributed by atoms with E-state index in [1.807, 2.05) is 6.07 Å². The topological polar surface area (TPSA) is 28.7 Å². The zero-order valence-electron chi connectivity index (χ0n) is 9.17. The third-order valence-corrected chi connectivity index (χ3v) is 3.02. The summed E-state index contributed by atoms with van der Waals surface area (Å²) in [6.07, 6.45) is -3.03. The number of aromatic nitrogens is 1. The van der Waals surface area contributed by atoms with Crippen molar-refractivity contribution in [2.75, 3.05) is 0 Å². The number of alkyl halides is 3. The van der Waals surface area contributed by atoms with Gasteiger partial charge in [-0.05, 0) is 24.3 Å². The largest absolute Gasteiger partial charge is 0.416 e. The molecule has 0 N–H and O–H groups in total. The van der Waals surface area contributed by atoms with Crippen LogP contribution in [0.25, 0.3) is 5.69 Å². The SMILES string of the molecule is N#Cc1cccn1-c1c(Cl)cc(C(F)(F)F)cc1Cl. The lowest BCUT2D eigenvalue weighted by Gasteiger charge is -2.13. The highest BCUT2D eigenvalue weighted by molar-refractivity contribution is 6.37. The van der Waals surface area contributed by atoms with Gasteiger partial charge in [0.05, 0.1) is 21.3 Å². The third kappa shape index (κ3) is 2.55. The predicted octanol–water partition coefficient (Wildman–Crippen LogP) is 4.67. The molecular formula is C12H5Cl2F3N2. The summed E-state index contributed by atoms with van der Waals surface area (Å²) in [5.41, 5.74) is -0.557. The Morgan fingerprint density at radius 1 is 1.16 bits per heavy atom. The minimum Gasteiger partial charge on any atom is -0.305 e. The fourth-order valence-corrected chi connectivity index (χ4v) is 2.30. The summed E-state index contributed by atoms with van der Waals surface area (Å²) < 4.78 is 39.1. The minimum atomic E-state index is -4.53. The maximum absolute atomic E-state index is 12.6. The van der Waals surface area contributed by atoms with E-state index in [4.69, 9.17) is 28.5 Å². The lowest BCUT2D eigenvalue weighted by molar-refractivity contribution is -0.137. The van der Waals surface area contributed by atoms with Crippen molar-refractivity contribution in [1.29, 1.82) is 5.26 Å². The summed E-state index contributed by atoms with van der Waals surface area (Å²) in [5, 5.41) is 8.55. The molecule has 0 fully saturated rings. The van der Waals surface area contributed by atoms with Crippen molar-refractivity contribution in [2.45, 2.75) is 6.18 Å². The Labute approximate surface area is 116 Å². The average Bonchev–Trinajstić information content (AvgIpc) is 2.75. The lowest BCUT2D eigenvalue weighted by Crippen LogP contribution is -2.07. The van der Waals surface area contributed by atoms with E-state index in [1.54, 1.807) is 6.07 Å². The molecule has 19 heavy (non-hydrogen) atoms. The predicted molar refractivity (Wildman–Crippen MR) is 65.5 cm³/mol. The standard InChI is InChI=1S/C12H5Cl2F3N2/c13-9-4-7(12(15,16)17)5-10(14)11(9)19-3-1-2-8(19)6-18/h1-5H. The zero-order valence-corrected chi connectivity index (χ0v) is 10.7. The van der Waals surface area contributed by atoms with Crippen LogP contribution in [-0.2, 0) is 6.18 Å². The molecule has 0 saturated heterocycles. The van der Waals surface area contributed by atoms with Crippen LogP contribution in [0.1, 0.15) is 11.3 Å². The van der Waals surface area contributed by atoms with Gasteiger partial charge in [0.2, 0.25) is 0 Å². The van der Waals surface area contributed by atoms with Gasteiger partial charge >= 0.3 is 6.18 Å². The zero-order chi connectivity index (χ0) is 14.2. The quantitative estimate of drug-likeness (QED) is 0.752. The van der Waals surface area contributed by atoms with E-state index < -0.39 is 11.7 Å². The molecule has 2 aromatic rings. The van der Waals surface area contributed by atoms with Crippen LogP contribution in [0, 0.1) is 11.3 Å². The van der Waals surface area contributed by atoms with Crippen LogP contribution in [0.2, 0.25) is 10.0 Å². The van der Waals surface area contributed by atoms with Gasteiger partial charge in [-0.1, -0.05) is 23.2 Å². The molecule has 0 spiro atoms. The van der Waals surface area contributed by atoms with Crippen LogP contribution in [0.5, 0.6) is 0 Å². The number of halogens is 5. The van der Waals surface area contributed by atoms with Crippen molar-refractivity contribution in [1.82, 2.24) is 4.57 Å². The van der Waals surface area contributed by atoms with Crippen molar-refractivity contribution in [3.8, 4) is 11.8 Å². The first-order valence-electron chi connectivity index (χ1n) is 4.98. The maximum atomic E-state index is 12.6. The van der Waals surface area contributed by atoms with Gasteiger partial charge in [-0.2, -0.15) is 18.4 Å². The van der Waals surface area contributed by atoms with Crippen molar-refractivity contribution >= 4 is 23.2 Å². The molecule has 1 heterocycles. The number of benzene rings is 1. The summed E-state index contributed by atoms with van der Waals surface area (Å²) in [7, 11) is 0. The first-order valence-corrected chi connectivity index (χ1v) is 5.74. The molecule has 0 aliphatic heterocycles. The fourth-order valence-electron chi connectivity index (χ4n) is 1.63. The number of rotatable bonds is 1. The van der Waals surface area contributed by atoms with Crippen LogP contribution < -0.4 is 0 Å². The molecule has 98 valence electrons. The van der Waals surface area contributed by atoms with Crippen molar-refractivity contribution in [2.24, 2.45) is 0 Å². The Bertz CT molecular complexity index is 645. The van der Waals surface area contributed by atoms with Gasteiger partial charge in [-0.3, -0.25) is 0 Å². The van der Waals surface area contributed by atoms with E-state index >= 15 is 0 Å². The second kappa shape index (κ2) is 4.80. The third-order valence-electron chi connectivity index (χ3n) is 2.45. The van der Waals surface area contributed by atoms with Crippen molar-refractivity contribution in [3.63, 3.8) is 0 Å². The van der Waals surface area contributed by atoms with E-state index in [9.17, 15) is 13.2 Å². The monoisotopic (exact) mass is 304 g/mol. The van der Waals surface area contributed by atoms with Gasteiger partial charge in [0.15, 0.2) is 0 Å². The summed E-state index contributed by atoms with van der Waals surface area (Å²) in [4.78, 5) is 0. The van der Waals surface area contributed by atoms with Crippen molar-refractivity contribution in [3.05, 3.63) is 51.8 Å². The highest BCUT2D eigenvalue weighted by Gasteiger charge is 2.32. The molecule has 0 unspecified atom stereocenters. The normalized spacial score (nSPS) is 11.4. The first-order chi connectivity index (χ1) is 8.84. The number of hydrogen-bond acceptors (Lipinski definition) is 1. The van der Waals surface area contributed by atoms with Crippen molar-refractivity contribution < 1.29 is 13.2 Å². The van der Waals surface area contributed by atoms with Crippen LogP contribution in [0.4, 0.5) is 13.2 Å². The summed E-state index contributed by atoms with van der Waals surface area (Å²) in [5.74, 6) is 0. The van der Waals surface area contributed by atoms with Crippen LogP contribution >= 0.6 is 23.2 Å². The lowest BCUT2D eigenvalue weighted by atomic mass is 10.2. The van der Waals surface area contributed by atoms with Gasteiger partial charge in [-0.25, -0.2) is 0 Å². The Balaban J connectivity index is 2.65. The molecule has 2 nitrogen and oxygen atoms in total. The fraction of sp³-hybridized carbons (Fsp3) is 0.0833. The maximum Gasteiger partial charge on any atom is 0.416 e. The molecule has 0 saturated carbocycles. The van der Waals surface area contributed by atoms with Crippen LogP contribution in [0.15, 0.2) is 30.5 Å². The molecule has 0 aliphatic rings. The molecular weight excluding hydrogens is 300 g/mol. The van der Waals surface area contributed by atoms with E-state index in [0.717, 1.165) is 12.1 Å². The number of nitriles is 1. The average molecular weight is 305 g/mol. The van der Waals surface area contributed by atoms with Crippen LogP contribution in [-0.4, -0.2) is 4.57 Å². The van der Waals surface area contributed by atoms with E-state index in [2.05, 4.69) is 0 Å². The number of hydrogen-bond donors (Lipinski definition) is 0. The van der Waals surface area contributed by atoms with E-state index in [-0.39, 0.29) is 21.4 Å². The molecule has 0 atom stereocenters. The minimum absolute atomic E-state index is 0.151. The van der Waals surface area contributed by atoms with E-state index in [1.165, 1.54) is 16.8 Å². The molecule has 7 heteroatoms. The summed E-state index contributed by atoms with van der Waals surface area (Å²) in [6.45, 7) is 0. The Kier molecular flexibility index (Phi) is 3.48. The smallest absolute Gasteiger partial charge is 0.305 e. The second-order valence-electron chi connectivity index (χ2n) is 3.66. The Hall–Kier alpha value is -1.64. The summed E-state index contributed by atoms with van der Waals surface area (Å²) >= 11 is 11.7. The first kappa shape index (κ1) is 13.8. The van der Waals surface area contributed by atoms with Gasteiger partial charge in [0.25, 0.3) is 0 Å². The molecule has 0 bridgehead atoms. The number of nitrogens with zero attached hydrogens (tertiary/aromatic N) is 2. The molecule has 1 aromatic carbocycles. The Morgan fingerprint density at radius 3 is 2.21 bits per heavy atom. The molecule has 1 aromatic heterocycles. The van der Waals surface area contributed by atoms with Gasteiger partial charge < -0.3 is 4.57 Å². The highest BCUT2D eigenvalue weighted by Crippen LogP contribution is 2.37. The van der Waals surface area contributed by atoms with Gasteiger partial charge in [0.1, 0.15) is 11.8 Å². The molecule has 0 aliphatic carbocycles. The summed E-state index contributed by atoms with van der Waals surface area (Å²) in [6, 6.07) is 6.54. The molecule has 0 amide bonds. The van der Waals surface area contributed by atoms with Gasteiger partial charge in [0, 0.05) is 6.20 Å². The molecule has 2 rings (SSSR count).